The van der Waals surface area contributed by atoms with Crippen molar-refractivity contribution >= 4 is 33.2 Å². The lowest BCUT2D eigenvalue weighted by atomic mass is 10.0. The van der Waals surface area contributed by atoms with Gasteiger partial charge in [-0.3, -0.25) is 0 Å². The Kier molecular flexibility index (Phi) is 8.05. The van der Waals surface area contributed by atoms with E-state index in [2.05, 4.69) is 5.32 Å². The molecule has 0 heterocycles. The van der Waals surface area contributed by atoms with Crippen molar-refractivity contribution < 1.29 is 27.1 Å². The first-order valence-electron chi connectivity index (χ1n) is 10.7. The van der Waals surface area contributed by atoms with E-state index < -0.39 is 15.9 Å². The molecule has 0 saturated heterocycles. The third-order valence-electron chi connectivity index (χ3n) is 5.36. The number of fused-ring (bicyclic) bond motifs is 1. The van der Waals surface area contributed by atoms with Crippen molar-refractivity contribution in [2.75, 3.05) is 32.6 Å². The molecule has 0 atom stereocenters. The van der Waals surface area contributed by atoms with Crippen LogP contribution in [0.15, 0.2) is 52.9 Å². The van der Waals surface area contributed by atoms with Crippen LogP contribution in [-0.4, -0.2) is 47.1 Å². The first kappa shape index (κ1) is 24.7. The monoisotopic (exact) mass is 473 g/mol. The molecule has 0 spiro atoms. The average Bonchev–Trinajstić information content (AvgIpc) is 3.01. The Morgan fingerprint density at radius 3 is 2.48 bits per heavy atom. The van der Waals surface area contributed by atoms with Crippen LogP contribution < -0.4 is 5.32 Å². The molecule has 0 aliphatic heterocycles. The van der Waals surface area contributed by atoms with E-state index in [1.165, 1.54) is 18.4 Å². The smallest absolute Gasteiger partial charge is 0.407 e. The maximum Gasteiger partial charge on any atom is 0.407 e. The highest BCUT2D eigenvalue weighted by atomic mass is 32.2. The topological polar surface area (TPSA) is 81.7 Å². The van der Waals surface area contributed by atoms with Gasteiger partial charge < -0.3 is 14.8 Å². The van der Waals surface area contributed by atoms with Crippen LogP contribution in [0.3, 0.4) is 0 Å². The van der Waals surface area contributed by atoms with E-state index in [1.807, 2.05) is 13.0 Å². The Labute approximate surface area is 194 Å². The molecule has 0 unspecified atom stereocenters. The first-order chi connectivity index (χ1) is 15.7. The third-order valence-corrected chi connectivity index (χ3v) is 6.49. The molecule has 6 nitrogen and oxygen atoms in total. The van der Waals surface area contributed by atoms with Crippen LogP contribution in [-0.2, 0) is 19.3 Å². The van der Waals surface area contributed by atoms with Crippen molar-refractivity contribution in [1.82, 2.24) is 5.32 Å². The van der Waals surface area contributed by atoms with Crippen LogP contribution in [0.25, 0.3) is 17.2 Å². The molecule has 2 aromatic carbocycles. The van der Waals surface area contributed by atoms with Gasteiger partial charge in [-0.1, -0.05) is 18.2 Å². The fourth-order valence-electron chi connectivity index (χ4n) is 3.74. The van der Waals surface area contributed by atoms with E-state index in [9.17, 15) is 17.6 Å². The van der Waals surface area contributed by atoms with Crippen LogP contribution in [0.2, 0.25) is 0 Å². The minimum Gasteiger partial charge on any atom is -0.450 e. The normalized spacial score (nSPS) is 14.5. The van der Waals surface area contributed by atoms with E-state index in [4.69, 9.17) is 9.47 Å². The Bertz CT molecular complexity index is 1180. The number of sulfone groups is 1. The van der Waals surface area contributed by atoms with Gasteiger partial charge in [0.25, 0.3) is 0 Å². The van der Waals surface area contributed by atoms with Gasteiger partial charge in [0.2, 0.25) is 0 Å². The molecule has 1 N–H and O–H groups in total. The summed E-state index contributed by atoms with van der Waals surface area (Å²) in [5, 5.41) is 2.60. The fraction of sp³-hybridized carbons (Fsp3) is 0.320. The van der Waals surface area contributed by atoms with Crippen LogP contribution in [0.5, 0.6) is 0 Å². The lowest BCUT2D eigenvalue weighted by Gasteiger charge is -2.09. The highest BCUT2D eigenvalue weighted by Gasteiger charge is 2.24. The predicted octanol–water partition coefficient (Wildman–Crippen LogP) is 4.71. The number of nitrogens with one attached hydrogen (secondary N) is 1. The van der Waals surface area contributed by atoms with Crippen molar-refractivity contribution in [1.29, 1.82) is 0 Å². The summed E-state index contributed by atoms with van der Waals surface area (Å²) in [5.41, 5.74) is 5.61. The fourth-order valence-corrected chi connectivity index (χ4v) is 4.37. The second-order valence-electron chi connectivity index (χ2n) is 7.70. The van der Waals surface area contributed by atoms with E-state index in [1.54, 1.807) is 37.3 Å². The number of amides is 1. The average molecular weight is 474 g/mol. The minimum atomic E-state index is -3.26. The second kappa shape index (κ2) is 10.8. The second-order valence-corrected chi connectivity index (χ2v) is 9.72. The predicted molar refractivity (Wildman–Crippen MR) is 127 cm³/mol. The summed E-state index contributed by atoms with van der Waals surface area (Å²) in [5.74, 6) is -0.308. The van der Waals surface area contributed by atoms with Gasteiger partial charge in [-0.2, -0.15) is 0 Å². The summed E-state index contributed by atoms with van der Waals surface area (Å²) in [6.07, 6.45) is 3.27. The minimum absolute atomic E-state index is 0.265. The van der Waals surface area contributed by atoms with Crippen LogP contribution in [0, 0.1) is 5.82 Å². The van der Waals surface area contributed by atoms with E-state index in [-0.39, 0.29) is 10.7 Å². The van der Waals surface area contributed by atoms with Crippen molar-refractivity contribution in [2.45, 2.75) is 25.2 Å². The Balaban J connectivity index is 1.75. The number of halogens is 1. The lowest BCUT2D eigenvalue weighted by Crippen LogP contribution is -2.28. The Morgan fingerprint density at radius 2 is 1.82 bits per heavy atom. The number of hydrogen-bond donors (Lipinski definition) is 1. The van der Waals surface area contributed by atoms with E-state index >= 15 is 0 Å². The summed E-state index contributed by atoms with van der Waals surface area (Å²) in [7, 11) is -3.26. The Morgan fingerprint density at radius 1 is 1.09 bits per heavy atom. The van der Waals surface area contributed by atoms with Gasteiger partial charge in [0, 0.05) is 12.8 Å². The highest BCUT2D eigenvalue weighted by Crippen LogP contribution is 2.43. The van der Waals surface area contributed by atoms with Gasteiger partial charge in [-0.05, 0) is 84.0 Å². The molecule has 1 amide bonds. The van der Waals surface area contributed by atoms with Gasteiger partial charge >= 0.3 is 6.09 Å². The summed E-state index contributed by atoms with van der Waals surface area (Å²) < 4.78 is 47.9. The maximum atomic E-state index is 14.0. The van der Waals surface area contributed by atoms with Gasteiger partial charge in [0.1, 0.15) is 5.82 Å². The molecule has 0 radical (unpaired) electrons. The van der Waals surface area contributed by atoms with Gasteiger partial charge in [-0.15, -0.1) is 0 Å². The zero-order valence-electron chi connectivity index (χ0n) is 19.0. The van der Waals surface area contributed by atoms with Gasteiger partial charge in [0.15, 0.2) is 9.84 Å². The number of carbonyl (C=O) groups excluding carboxylic acids is 1. The number of benzene rings is 2. The molecule has 176 valence electrons. The zero-order valence-corrected chi connectivity index (χ0v) is 19.8. The summed E-state index contributed by atoms with van der Waals surface area (Å²) >= 11 is 0. The highest BCUT2D eigenvalue weighted by molar-refractivity contribution is 7.90. The molecule has 1 aliphatic rings. The molecule has 0 aromatic heterocycles. The molecule has 0 bridgehead atoms. The maximum absolute atomic E-state index is 14.0. The van der Waals surface area contributed by atoms with Crippen LogP contribution in [0.1, 0.15) is 37.0 Å². The van der Waals surface area contributed by atoms with E-state index in [0.29, 0.717) is 32.8 Å². The van der Waals surface area contributed by atoms with Crippen LogP contribution in [0.4, 0.5) is 9.18 Å². The summed E-state index contributed by atoms with van der Waals surface area (Å²) in [6.45, 7) is 5.15. The number of alkyl carbamates (subject to hydrolysis) is 1. The van der Waals surface area contributed by atoms with Crippen molar-refractivity contribution in [2.24, 2.45) is 0 Å². The van der Waals surface area contributed by atoms with Crippen LogP contribution >= 0.6 is 0 Å². The standard InChI is InChI=1S/C25H28FNO5S/c1-4-32-25(28)27-12-14-31-13-11-21-17(2)23(22-10-7-19(26)16-24(21)22)15-18-5-8-20(9-6-18)33(3,29)30/h5-10,15-16H,4,11-14H2,1-3H3,(H,27,28)/b23-15+. The van der Waals surface area contributed by atoms with Crippen molar-refractivity contribution in [3.05, 3.63) is 70.5 Å². The molecule has 3 rings (SSSR count). The van der Waals surface area contributed by atoms with Gasteiger partial charge in [-0.25, -0.2) is 17.6 Å². The molecular formula is C25H28FNO5S. The number of ether oxygens (including phenoxy) is 2. The molecule has 2 aromatic rings. The third kappa shape index (κ3) is 6.30. The quantitative estimate of drug-likeness (QED) is 0.534. The molecule has 1 aliphatic carbocycles. The summed E-state index contributed by atoms with van der Waals surface area (Å²) in [4.78, 5) is 11.5. The number of carbonyl (C=O) groups is 1. The summed E-state index contributed by atoms with van der Waals surface area (Å²) in [6, 6.07) is 11.4. The Hall–Kier alpha value is -2.97. The van der Waals surface area contributed by atoms with Crippen molar-refractivity contribution in [3.63, 3.8) is 0 Å². The largest absolute Gasteiger partial charge is 0.450 e. The molecule has 33 heavy (non-hydrogen) atoms. The molecule has 0 fully saturated rings. The van der Waals surface area contributed by atoms with Crippen molar-refractivity contribution in [3.8, 4) is 0 Å². The lowest BCUT2D eigenvalue weighted by molar-refractivity contribution is 0.127. The molecular weight excluding hydrogens is 445 g/mol. The SMILES string of the molecule is CCOC(=O)NCCOCCC1=C(C)/C(=C\c2ccc(S(C)(=O)=O)cc2)c2ccc(F)cc21. The number of hydrogen-bond acceptors (Lipinski definition) is 5. The van der Waals surface area contributed by atoms with E-state index in [0.717, 1.165) is 33.4 Å². The zero-order chi connectivity index (χ0) is 24.0. The molecule has 0 saturated carbocycles. The van der Waals surface area contributed by atoms with Gasteiger partial charge in [0.05, 0.1) is 24.7 Å². The molecule has 8 heteroatoms. The first-order valence-corrected chi connectivity index (χ1v) is 12.6. The number of allylic oxidation sites excluding steroid dienone is 2. The number of rotatable bonds is 9.